The van der Waals surface area contributed by atoms with Gasteiger partial charge in [0.15, 0.2) is 0 Å². The Hall–Kier alpha value is -1.31. The molecule has 0 fully saturated rings. The molecule has 58 valence electrons. The number of ether oxygens (including phenoxy) is 1. The molecule has 1 rings (SSSR count). The van der Waals surface area contributed by atoms with Crippen LogP contribution in [0.5, 0.6) is 5.75 Å². The highest BCUT2D eigenvalue weighted by Gasteiger charge is 1.88. The third kappa shape index (κ3) is 2.08. The normalized spacial score (nSPS) is 10.4. The lowest BCUT2D eigenvalue weighted by molar-refractivity contribution is 0.415. The first kappa shape index (κ1) is 7.79. The number of benzene rings is 1. The van der Waals surface area contributed by atoms with E-state index in [9.17, 15) is 4.39 Å². The quantitative estimate of drug-likeness (QED) is 0.633. The maximum atomic E-state index is 11.6. The van der Waals surface area contributed by atoms with Gasteiger partial charge in [0.2, 0.25) is 0 Å². The topological polar surface area (TPSA) is 9.23 Å². The fourth-order valence-corrected chi connectivity index (χ4v) is 0.788. The van der Waals surface area contributed by atoms with Crippen LogP contribution < -0.4 is 4.74 Å². The molecule has 0 atom stereocenters. The van der Waals surface area contributed by atoms with Gasteiger partial charge in [0.25, 0.3) is 0 Å². The van der Waals surface area contributed by atoms with Crippen molar-refractivity contribution in [3.8, 4) is 5.75 Å². The molecule has 0 spiro atoms. The molecule has 0 heterocycles. The summed E-state index contributed by atoms with van der Waals surface area (Å²) >= 11 is 0. The van der Waals surface area contributed by atoms with Crippen LogP contribution in [0.3, 0.4) is 0 Å². The van der Waals surface area contributed by atoms with Gasteiger partial charge in [-0.3, -0.25) is 0 Å². The van der Waals surface area contributed by atoms with Crippen LogP contribution in [0.2, 0.25) is 0 Å². The van der Waals surface area contributed by atoms with E-state index in [1.807, 2.05) is 0 Å². The number of hydrogen-bond donors (Lipinski definition) is 0. The molecule has 0 saturated carbocycles. The molecule has 1 aromatic carbocycles. The second kappa shape index (κ2) is 3.76. The van der Waals surface area contributed by atoms with Crippen LogP contribution in [-0.4, -0.2) is 7.11 Å². The van der Waals surface area contributed by atoms with E-state index in [-0.39, 0.29) is 0 Å². The van der Waals surface area contributed by atoms with Crippen molar-refractivity contribution in [2.24, 2.45) is 0 Å². The monoisotopic (exact) mass is 152 g/mol. The van der Waals surface area contributed by atoms with Gasteiger partial charge in [0.05, 0.1) is 13.4 Å². The highest BCUT2D eigenvalue weighted by molar-refractivity contribution is 5.49. The predicted molar refractivity (Wildman–Crippen MR) is 43.1 cm³/mol. The highest BCUT2D eigenvalue weighted by atomic mass is 19.1. The van der Waals surface area contributed by atoms with Gasteiger partial charge in [-0.05, 0) is 23.8 Å². The predicted octanol–water partition coefficient (Wildman–Crippen LogP) is 2.64. The molecule has 0 aromatic heterocycles. The van der Waals surface area contributed by atoms with Crippen molar-refractivity contribution in [2.75, 3.05) is 7.11 Å². The van der Waals surface area contributed by atoms with Gasteiger partial charge in [-0.15, -0.1) is 0 Å². The van der Waals surface area contributed by atoms with E-state index in [2.05, 4.69) is 0 Å². The molecule has 0 radical (unpaired) electrons. The molecule has 0 unspecified atom stereocenters. The molecule has 0 saturated heterocycles. The molecule has 0 bridgehead atoms. The third-order valence-electron chi connectivity index (χ3n) is 1.37. The fraction of sp³-hybridized carbons (Fsp3) is 0.111. The first-order valence-corrected chi connectivity index (χ1v) is 3.27. The molecule has 1 aromatic rings. The Morgan fingerprint density at radius 2 is 1.91 bits per heavy atom. The lowest BCUT2D eigenvalue weighted by Gasteiger charge is -1.97. The number of hydrogen-bond acceptors (Lipinski definition) is 1. The Morgan fingerprint density at radius 3 is 2.36 bits per heavy atom. The van der Waals surface area contributed by atoms with E-state index in [1.54, 1.807) is 31.4 Å². The summed E-state index contributed by atoms with van der Waals surface area (Å²) in [6, 6.07) is 7.15. The Labute approximate surface area is 65.1 Å². The highest BCUT2D eigenvalue weighted by Crippen LogP contribution is 2.11. The van der Waals surface area contributed by atoms with Crippen molar-refractivity contribution in [1.82, 2.24) is 0 Å². The fourth-order valence-electron chi connectivity index (χ4n) is 0.788. The van der Waals surface area contributed by atoms with Crippen LogP contribution >= 0.6 is 0 Å². The summed E-state index contributed by atoms with van der Waals surface area (Å²) in [6.45, 7) is 0. The van der Waals surface area contributed by atoms with E-state index in [0.29, 0.717) is 6.33 Å². The summed E-state index contributed by atoms with van der Waals surface area (Å²) in [7, 11) is 1.60. The average molecular weight is 152 g/mol. The zero-order valence-electron chi connectivity index (χ0n) is 6.25. The molecule has 2 heteroatoms. The molecule has 11 heavy (non-hydrogen) atoms. The molecule has 0 aliphatic carbocycles. The van der Waals surface area contributed by atoms with Crippen molar-refractivity contribution in [1.29, 1.82) is 0 Å². The maximum Gasteiger partial charge on any atom is 0.118 e. The maximum absolute atomic E-state index is 11.6. The van der Waals surface area contributed by atoms with Crippen LogP contribution in [0, 0.1) is 0 Å². The Morgan fingerprint density at radius 1 is 1.27 bits per heavy atom. The largest absolute Gasteiger partial charge is 0.497 e. The number of halogens is 1. The average Bonchev–Trinajstić information content (AvgIpc) is 2.07. The summed E-state index contributed by atoms with van der Waals surface area (Å²) in [4.78, 5) is 0. The first-order valence-electron chi connectivity index (χ1n) is 3.27. The van der Waals surface area contributed by atoms with E-state index in [0.717, 1.165) is 11.3 Å². The summed E-state index contributed by atoms with van der Waals surface area (Å²) < 4.78 is 16.6. The van der Waals surface area contributed by atoms with Gasteiger partial charge < -0.3 is 4.74 Å². The van der Waals surface area contributed by atoms with Crippen molar-refractivity contribution < 1.29 is 9.13 Å². The van der Waals surface area contributed by atoms with Crippen molar-refractivity contribution in [3.05, 3.63) is 36.2 Å². The molecular weight excluding hydrogens is 143 g/mol. The minimum Gasteiger partial charge on any atom is -0.497 e. The number of methoxy groups -OCH3 is 1. The Bertz CT molecular complexity index is 238. The third-order valence-corrected chi connectivity index (χ3v) is 1.37. The van der Waals surface area contributed by atoms with E-state index >= 15 is 0 Å². The van der Waals surface area contributed by atoms with Crippen LogP contribution in [0.4, 0.5) is 4.39 Å². The minimum atomic E-state index is 0.516. The molecule has 0 N–H and O–H groups in total. The molecule has 0 aliphatic rings. The second-order valence-corrected chi connectivity index (χ2v) is 2.07. The standard InChI is InChI=1S/C9H9FO/c1-11-9-4-2-8(3-5-9)6-7-10/h2-7H,1H3/b7-6+. The van der Waals surface area contributed by atoms with Crippen molar-refractivity contribution in [3.63, 3.8) is 0 Å². The van der Waals surface area contributed by atoms with Gasteiger partial charge in [-0.2, -0.15) is 0 Å². The van der Waals surface area contributed by atoms with Crippen molar-refractivity contribution >= 4 is 6.08 Å². The smallest absolute Gasteiger partial charge is 0.118 e. The summed E-state index contributed by atoms with van der Waals surface area (Å²) in [6.07, 6.45) is 1.90. The number of rotatable bonds is 2. The SMILES string of the molecule is COc1ccc(/C=C/F)cc1. The zero-order chi connectivity index (χ0) is 8.10. The van der Waals surface area contributed by atoms with Gasteiger partial charge in [-0.25, -0.2) is 4.39 Å². The first-order chi connectivity index (χ1) is 5.36. The van der Waals surface area contributed by atoms with Crippen LogP contribution in [0.1, 0.15) is 5.56 Å². The molecule has 0 amide bonds. The zero-order valence-corrected chi connectivity index (χ0v) is 6.25. The van der Waals surface area contributed by atoms with Crippen LogP contribution in [0.25, 0.3) is 6.08 Å². The van der Waals surface area contributed by atoms with E-state index in [4.69, 9.17) is 4.74 Å². The van der Waals surface area contributed by atoms with E-state index in [1.165, 1.54) is 6.08 Å². The van der Waals surface area contributed by atoms with Gasteiger partial charge in [0, 0.05) is 0 Å². The van der Waals surface area contributed by atoms with Gasteiger partial charge in [-0.1, -0.05) is 12.1 Å². The molecular formula is C9H9FO. The van der Waals surface area contributed by atoms with Gasteiger partial charge >= 0.3 is 0 Å². The second-order valence-electron chi connectivity index (χ2n) is 2.07. The van der Waals surface area contributed by atoms with E-state index < -0.39 is 0 Å². The Balaban J connectivity index is 2.82. The molecule has 1 nitrogen and oxygen atoms in total. The lowest BCUT2D eigenvalue weighted by Crippen LogP contribution is -1.80. The van der Waals surface area contributed by atoms with Crippen LogP contribution in [0.15, 0.2) is 30.6 Å². The van der Waals surface area contributed by atoms with Crippen LogP contribution in [-0.2, 0) is 0 Å². The minimum absolute atomic E-state index is 0.516. The molecule has 0 aliphatic heterocycles. The summed E-state index contributed by atoms with van der Waals surface area (Å²) in [5.74, 6) is 0.779. The van der Waals surface area contributed by atoms with Gasteiger partial charge in [0.1, 0.15) is 5.75 Å². The summed E-state index contributed by atoms with van der Waals surface area (Å²) in [5, 5.41) is 0. The summed E-state index contributed by atoms with van der Waals surface area (Å²) in [5.41, 5.74) is 0.827. The lowest BCUT2D eigenvalue weighted by atomic mass is 10.2. The Kier molecular flexibility index (Phi) is 2.66. The van der Waals surface area contributed by atoms with Crippen molar-refractivity contribution in [2.45, 2.75) is 0 Å².